The molecule has 1 N–H and O–H groups in total. The lowest BCUT2D eigenvalue weighted by atomic mass is 9.84. The Morgan fingerprint density at radius 3 is 2.50 bits per heavy atom. The van der Waals surface area contributed by atoms with Crippen molar-refractivity contribution in [3.63, 3.8) is 0 Å². The van der Waals surface area contributed by atoms with Crippen molar-refractivity contribution in [2.24, 2.45) is 5.92 Å². The fraction of sp³-hybridized carbons (Fsp3) is 0.500. The molecule has 0 heterocycles. The molecule has 20 heavy (non-hydrogen) atoms. The summed E-state index contributed by atoms with van der Waals surface area (Å²) < 4.78 is 5.06. The van der Waals surface area contributed by atoms with Crippen LogP contribution in [0.25, 0.3) is 0 Å². The fourth-order valence-corrected chi connectivity index (χ4v) is 2.69. The molecule has 0 aromatic heterocycles. The quantitative estimate of drug-likeness (QED) is 0.916. The summed E-state index contributed by atoms with van der Waals surface area (Å²) in [6.07, 6.45) is 5.60. The van der Waals surface area contributed by atoms with Gasteiger partial charge >= 0.3 is 0 Å². The van der Waals surface area contributed by atoms with Gasteiger partial charge in [0.15, 0.2) is 0 Å². The number of amides is 1. The van der Waals surface area contributed by atoms with Crippen LogP contribution in [0.2, 0.25) is 0 Å². The van der Waals surface area contributed by atoms with Gasteiger partial charge in [0.2, 0.25) is 0 Å². The van der Waals surface area contributed by atoms with E-state index in [9.17, 15) is 10.1 Å². The number of carbonyl (C=O) groups excluding carboxylic acids is 1. The molecule has 1 saturated carbocycles. The summed E-state index contributed by atoms with van der Waals surface area (Å²) in [5.74, 6) is 0.811. The molecular formula is C16H20N2O2. The number of nitrogens with one attached hydrogen (secondary N) is 1. The zero-order valence-electron chi connectivity index (χ0n) is 11.8. The van der Waals surface area contributed by atoms with E-state index in [1.54, 1.807) is 31.4 Å². The fourth-order valence-electron chi connectivity index (χ4n) is 2.69. The molecule has 0 spiro atoms. The van der Waals surface area contributed by atoms with Gasteiger partial charge in [-0.25, -0.2) is 0 Å². The van der Waals surface area contributed by atoms with Crippen LogP contribution in [0.5, 0.6) is 5.75 Å². The van der Waals surface area contributed by atoms with Crippen molar-refractivity contribution in [1.29, 1.82) is 5.26 Å². The molecule has 1 atom stereocenters. The molecule has 0 saturated heterocycles. The van der Waals surface area contributed by atoms with Gasteiger partial charge in [0.05, 0.1) is 13.2 Å². The maximum Gasteiger partial charge on any atom is 0.252 e. The third-order valence-corrected chi connectivity index (χ3v) is 3.90. The summed E-state index contributed by atoms with van der Waals surface area (Å²) in [5.41, 5.74) is 0.557. The second-order valence-corrected chi connectivity index (χ2v) is 5.21. The Labute approximate surface area is 119 Å². The number of rotatable bonds is 4. The minimum absolute atomic E-state index is 0.190. The molecule has 1 aliphatic rings. The van der Waals surface area contributed by atoms with Crippen LogP contribution in [0, 0.1) is 17.2 Å². The lowest BCUT2D eigenvalue weighted by molar-refractivity contribution is 0.0929. The van der Waals surface area contributed by atoms with Gasteiger partial charge in [0, 0.05) is 5.56 Å². The van der Waals surface area contributed by atoms with E-state index in [1.165, 1.54) is 6.42 Å². The van der Waals surface area contributed by atoms with Gasteiger partial charge in [-0.3, -0.25) is 4.79 Å². The first-order chi connectivity index (χ1) is 9.74. The summed E-state index contributed by atoms with van der Waals surface area (Å²) in [6, 6.07) is 8.77. The lowest BCUT2D eigenvalue weighted by Crippen LogP contribution is -2.40. The highest BCUT2D eigenvalue weighted by molar-refractivity contribution is 5.94. The van der Waals surface area contributed by atoms with Crippen molar-refractivity contribution in [3.05, 3.63) is 29.8 Å². The molecule has 4 nitrogen and oxygen atoms in total. The summed E-state index contributed by atoms with van der Waals surface area (Å²) in [5, 5.41) is 12.1. The first-order valence-corrected chi connectivity index (χ1v) is 7.09. The molecule has 1 aliphatic carbocycles. The van der Waals surface area contributed by atoms with E-state index < -0.39 is 0 Å². The molecular weight excluding hydrogens is 252 g/mol. The Hall–Kier alpha value is -2.02. The molecule has 1 aromatic carbocycles. The minimum atomic E-state index is -0.384. The maximum absolute atomic E-state index is 12.2. The van der Waals surface area contributed by atoms with Crippen LogP contribution in [0.1, 0.15) is 42.5 Å². The lowest BCUT2D eigenvalue weighted by Gasteiger charge is -2.26. The molecule has 1 aromatic rings. The number of hydrogen-bond donors (Lipinski definition) is 1. The van der Waals surface area contributed by atoms with E-state index in [2.05, 4.69) is 11.4 Å². The number of carbonyl (C=O) groups is 1. The predicted molar refractivity (Wildman–Crippen MR) is 76.4 cm³/mol. The highest BCUT2D eigenvalue weighted by Gasteiger charge is 2.25. The molecule has 1 unspecified atom stereocenters. The number of hydrogen-bond acceptors (Lipinski definition) is 3. The molecule has 0 aliphatic heterocycles. The minimum Gasteiger partial charge on any atom is -0.497 e. The highest BCUT2D eigenvalue weighted by Crippen LogP contribution is 2.26. The van der Waals surface area contributed by atoms with E-state index in [1.807, 2.05) is 0 Å². The Kier molecular flexibility index (Phi) is 5.00. The Morgan fingerprint density at radius 2 is 1.95 bits per heavy atom. The van der Waals surface area contributed by atoms with Gasteiger partial charge in [-0.1, -0.05) is 19.3 Å². The molecule has 2 rings (SSSR count). The van der Waals surface area contributed by atoms with Crippen LogP contribution >= 0.6 is 0 Å². The number of benzene rings is 1. The molecule has 106 valence electrons. The van der Waals surface area contributed by atoms with Gasteiger partial charge in [-0.2, -0.15) is 5.26 Å². The summed E-state index contributed by atoms with van der Waals surface area (Å²) in [7, 11) is 1.59. The standard InChI is InChI=1S/C16H20N2O2/c1-20-14-9-7-13(8-10-14)16(19)18-15(11-17)12-5-3-2-4-6-12/h7-10,12,15H,2-6H2,1H3,(H,18,19). The third kappa shape index (κ3) is 3.51. The van der Waals surface area contributed by atoms with Gasteiger partial charge in [0.1, 0.15) is 11.8 Å². The average molecular weight is 272 g/mol. The number of nitrogens with zero attached hydrogens (tertiary/aromatic N) is 1. The molecule has 1 amide bonds. The number of methoxy groups -OCH3 is 1. The normalized spacial score (nSPS) is 17.0. The van der Waals surface area contributed by atoms with E-state index in [0.29, 0.717) is 11.3 Å². The average Bonchev–Trinajstić information content (AvgIpc) is 2.53. The monoisotopic (exact) mass is 272 g/mol. The number of ether oxygens (including phenoxy) is 1. The van der Waals surface area contributed by atoms with Gasteiger partial charge in [-0.05, 0) is 43.0 Å². The summed E-state index contributed by atoms with van der Waals surface area (Å²) >= 11 is 0. The maximum atomic E-state index is 12.2. The second kappa shape index (κ2) is 6.95. The summed E-state index contributed by atoms with van der Waals surface area (Å²) in [4.78, 5) is 12.2. The summed E-state index contributed by atoms with van der Waals surface area (Å²) in [6.45, 7) is 0. The van der Waals surface area contributed by atoms with E-state index in [4.69, 9.17) is 4.74 Å². The zero-order chi connectivity index (χ0) is 14.4. The van der Waals surface area contributed by atoms with Crippen molar-refractivity contribution in [2.45, 2.75) is 38.1 Å². The van der Waals surface area contributed by atoms with Crippen LogP contribution in [-0.4, -0.2) is 19.1 Å². The molecule has 4 heteroatoms. The molecule has 0 radical (unpaired) electrons. The van der Waals surface area contributed by atoms with Crippen molar-refractivity contribution < 1.29 is 9.53 Å². The largest absolute Gasteiger partial charge is 0.497 e. The van der Waals surface area contributed by atoms with Crippen molar-refractivity contribution in [2.75, 3.05) is 7.11 Å². The zero-order valence-corrected chi connectivity index (χ0v) is 11.8. The van der Waals surface area contributed by atoms with Crippen LogP contribution in [0.3, 0.4) is 0 Å². The molecule has 0 bridgehead atoms. The van der Waals surface area contributed by atoms with Crippen LogP contribution < -0.4 is 10.1 Å². The van der Waals surface area contributed by atoms with Crippen LogP contribution in [0.15, 0.2) is 24.3 Å². The Balaban J connectivity index is 1.99. The smallest absolute Gasteiger partial charge is 0.252 e. The van der Waals surface area contributed by atoms with E-state index in [0.717, 1.165) is 25.7 Å². The predicted octanol–water partition coefficient (Wildman–Crippen LogP) is 2.90. The first kappa shape index (κ1) is 14.4. The topological polar surface area (TPSA) is 62.1 Å². The van der Waals surface area contributed by atoms with E-state index >= 15 is 0 Å². The van der Waals surface area contributed by atoms with Crippen molar-refractivity contribution in [3.8, 4) is 11.8 Å². The van der Waals surface area contributed by atoms with Gasteiger partial charge < -0.3 is 10.1 Å². The van der Waals surface area contributed by atoms with E-state index in [-0.39, 0.29) is 17.9 Å². The van der Waals surface area contributed by atoms with Crippen molar-refractivity contribution >= 4 is 5.91 Å². The van der Waals surface area contributed by atoms with Gasteiger partial charge in [0.25, 0.3) is 5.91 Å². The Morgan fingerprint density at radius 1 is 1.30 bits per heavy atom. The van der Waals surface area contributed by atoms with Crippen LogP contribution in [0.4, 0.5) is 0 Å². The second-order valence-electron chi connectivity index (χ2n) is 5.21. The Bertz CT molecular complexity index is 484. The third-order valence-electron chi connectivity index (χ3n) is 3.90. The van der Waals surface area contributed by atoms with Gasteiger partial charge in [-0.15, -0.1) is 0 Å². The SMILES string of the molecule is COc1ccc(C(=O)NC(C#N)C2CCCCC2)cc1. The first-order valence-electron chi connectivity index (χ1n) is 7.09. The number of nitriles is 1. The highest BCUT2D eigenvalue weighted by atomic mass is 16.5. The van der Waals surface area contributed by atoms with Crippen LogP contribution in [-0.2, 0) is 0 Å². The van der Waals surface area contributed by atoms with Crippen molar-refractivity contribution in [1.82, 2.24) is 5.32 Å². The molecule has 1 fully saturated rings.